The van der Waals surface area contributed by atoms with Crippen molar-refractivity contribution < 1.29 is 4.74 Å². The molecule has 0 aliphatic heterocycles. The molecule has 0 unspecified atom stereocenters. The van der Waals surface area contributed by atoms with Gasteiger partial charge in [0.15, 0.2) is 11.2 Å². The third kappa shape index (κ3) is 2.85. The van der Waals surface area contributed by atoms with E-state index in [4.69, 9.17) is 4.74 Å². The minimum Gasteiger partial charge on any atom is -0.497 e. The molecule has 0 saturated carbocycles. The summed E-state index contributed by atoms with van der Waals surface area (Å²) in [7, 11) is 4.98. The van der Waals surface area contributed by atoms with E-state index in [0.717, 1.165) is 22.5 Å². The highest BCUT2D eigenvalue weighted by Gasteiger charge is 2.21. The number of hydrogen-bond acceptors (Lipinski definition) is 5. The van der Waals surface area contributed by atoms with Crippen LogP contribution < -0.4 is 16.0 Å². The van der Waals surface area contributed by atoms with Crippen LogP contribution in [0, 0.1) is 20.8 Å². The van der Waals surface area contributed by atoms with Crippen molar-refractivity contribution in [2.24, 2.45) is 14.1 Å². The molecule has 0 saturated heterocycles. The van der Waals surface area contributed by atoms with E-state index < -0.39 is 5.69 Å². The molecule has 0 atom stereocenters. The number of aromatic nitrogens is 6. The summed E-state index contributed by atoms with van der Waals surface area (Å²) in [6.45, 7) is 6.04. The maximum absolute atomic E-state index is 13.3. The van der Waals surface area contributed by atoms with Gasteiger partial charge in [-0.3, -0.25) is 13.9 Å². The summed E-state index contributed by atoms with van der Waals surface area (Å²) < 4.78 is 11.2. The van der Waals surface area contributed by atoms with Crippen LogP contribution >= 0.6 is 0 Å². The lowest BCUT2D eigenvalue weighted by atomic mass is 10.2. The van der Waals surface area contributed by atoms with Gasteiger partial charge >= 0.3 is 5.69 Å². The zero-order chi connectivity index (χ0) is 21.7. The van der Waals surface area contributed by atoms with Crippen LogP contribution in [0.25, 0.3) is 17.1 Å². The molecule has 0 spiro atoms. The highest BCUT2D eigenvalue weighted by molar-refractivity contribution is 5.72. The maximum Gasteiger partial charge on any atom is 0.332 e. The fourth-order valence-electron chi connectivity index (χ4n) is 3.59. The van der Waals surface area contributed by atoms with Gasteiger partial charge in [-0.05, 0) is 44.0 Å². The molecule has 0 N–H and O–H groups in total. The summed E-state index contributed by atoms with van der Waals surface area (Å²) in [5.74, 6) is 1.21. The second-order valence-corrected chi connectivity index (χ2v) is 7.43. The number of benzene rings is 1. The number of hydrogen-bond donors (Lipinski definition) is 0. The number of methoxy groups -OCH3 is 1. The second-order valence-electron chi connectivity index (χ2n) is 7.43. The van der Waals surface area contributed by atoms with Gasteiger partial charge in [-0.15, -0.1) is 0 Å². The predicted molar refractivity (Wildman–Crippen MR) is 114 cm³/mol. The summed E-state index contributed by atoms with van der Waals surface area (Å²) in [6.07, 6.45) is 0. The van der Waals surface area contributed by atoms with Gasteiger partial charge in [0, 0.05) is 19.8 Å². The first-order valence-electron chi connectivity index (χ1n) is 9.57. The quantitative estimate of drug-likeness (QED) is 0.512. The molecule has 0 aliphatic rings. The fraction of sp³-hybridized carbons (Fsp3) is 0.333. The van der Waals surface area contributed by atoms with Crippen LogP contribution in [-0.4, -0.2) is 35.6 Å². The molecule has 0 fully saturated rings. The zero-order valence-electron chi connectivity index (χ0n) is 17.9. The van der Waals surface area contributed by atoms with Gasteiger partial charge in [0.25, 0.3) is 5.56 Å². The zero-order valence-corrected chi connectivity index (χ0v) is 17.9. The van der Waals surface area contributed by atoms with Gasteiger partial charge in [0.05, 0.1) is 19.3 Å². The number of ether oxygens (including phenoxy) is 1. The van der Waals surface area contributed by atoms with Crippen molar-refractivity contribution in [3.8, 4) is 11.7 Å². The normalized spacial score (nSPS) is 11.4. The monoisotopic (exact) mass is 408 g/mol. The highest BCUT2D eigenvalue weighted by atomic mass is 16.5. The lowest BCUT2D eigenvalue weighted by molar-refractivity contribution is 0.414. The van der Waals surface area contributed by atoms with E-state index in [1.54, 1.807) is 42.6 Å². The summed E-state index contributed by atoms with van der Waals surface area (Å²) in [4.78, 5) is 30.8. The molecule has 4 aromatic rings. The molecule has 3 aromatic heterocycles. The van der Waals surface area contributed by atoms with Crippen LogP contribution in [0.15, 0.2) is 33.9 Å². The number of fused-ring (bicyclic) bond motifs is 1. The minimum atomic E-state index is -0.419. The Bertz CT molecular complexity index is 1390. The molecule has 30 heavy (non-hydrogen) atoms. The SMILES string of the molecule is COc1ccc(Cn2c(=O)c3c(nc(-n4nc(C)c(C)c4C)n3C)n(C)c2=O)cc1. The lowest BCUT2D eigenvalue weighted by Gasteiger charge is -2.09. The molecule has 0 radical (unpaired) electrons. The van der Waals surface area contributed by atoms with Crippen LogP contribution in [0.2, 0.25) is 0 Å². The number of rotatable bonds is 4. The Balaban J connectivity index is 1.92. The maximum atomic E-state index is 13.3. The van der Waals surface area contributed by atoms with E-state index in [-0.39, 0.29) is 12.1 Å². The van der Waals surface area contributed by atoms with E-state index in [2.05, 4.69) is 10.1 Å². The van der Waals surface area contributed by atoms with Crippen molar-refractivity contribution in [3.05, 3.63) is 67.6 Å². The highest BCUT2D eigenvalue weighted by Crippen LogP contribution is 2.19. The first-order valence-corrected chi connectivity index (χ1v) is 9.57. The Labute approximate surface area is 172 Å². The smallest absolute Gasteiger partial charge is 0.332 e. The number of nitrogens with zero attached hydrogens (tertiary/aromatic N) is 6. The average molecular weight is 408 g/mol. The van der Waals surface area contributed by atoms with Crippen LogP contribution in [0.4, 0.5) is 0 Å². The van der Waals surface area contributed by atoms with E-state index in [9.17, 15) is 9.59 Å². The summed E-state index contributed by atoms with van der Waals surface area (Å²) in [6, 6.07) is 7.28. The van der Waals surface area contributed by atoms with Crippen molar-refractivity contribution in [2.75, 3.05) is 7.11 Å². The summed E-state index contributed by atoms with van der Waals surface area (Å²) in [5.41, 5.74) is 3.60. The van der Waals surface area contributed by atoms with E-state index in [1.807, 2.05) is 32.9 Å². The molecule has 9 heteroatoms. The molecule has 0 amide bonds. The Morgan fingerprint density at radius 1 is 1.00 bits per heavy atom. The molecule has 1 aromatic carbocycles. The minimum absolute atomic E-state index is 0.158. The lowest BCUT2D eigenvalue weighted by Crippen LogP contribution is -2.39. The van der Waals surface area contributed by atoms with Gasteiger partial charge in [-0.1, -0.05) is 12.1 Å². The standard InChI is InChI=1S/C21H24N6O3/c1-12-13(2)23-27(14(12)3)20-22-18-17(24(20)4)19(28)26(21(29)25(18)5)11-15-7-9-16(30-6)10-8-15/h7-10H,11H2,1-6H3. The Morgan fingerprint density at radius 2 is 1.67 bits per heavy atom. The molecule has 0 aliphatic carbocycles. The molecule has 4 rings (SSSR count). The first kappa shape index (κ1) is 19.7. The van der Waals surface area contributed by atoms with E-state index >= 15 is 0 Å². The Kier molecular flexibility index (Phi) is 4.60. The third-order valence-corrected chi connectivity index (χ3v) is 5.68. The third-order valence-electron chi connectivity index (χ3n) is 5.68. The van der Waals surface area contributed by atoms with Gasteiger partial charge < -0.3 is 9.30 Å². The molecule has 3 heterocycles. The van der Waals surface area contributed by atoms with Crippen molar-refractivity contribution in [1.29, 1.82) is 0 Å². The molecular weight excluding hydrogens is 384 g/mol. The van der Waals surface area contributed by atoms with E-state index in [1.165, 1.54) is 9.13 Å². The Morgan fingerprint density at radius 3 is 2.23 bits per heavy atom. The predicted octanol–water partition coefficient (Wildman–Crippen LogP) is 1.60. The Hall–Kier alpha value is -3.62. The van der Waals surface area contributed by atoms with Crippen molar-refractivity contribution >= 4 is 11.2 Å². The first-order chi connectivity index (χ1) is 14.2. The van der Waals surface area contributed by atoms with Crippen LogP contribution in [0.3, 0.4) is 0 Å². The van der Waals surface area contributed by atoms with Crippen molar-refractivity contribution in [3.63, 3.8) is 0 Å². The topological polar surface area (TPSA) is 88.9 Å². The van der Waals surface area contributed by atoms with Crippen molar-refractivity contribution in [2.45, 2.75) is 27.3 Å². The molecular formula is C21H24N6O3. The molecule has 156 valence electrons. The second kappa shape index (κ2) is 7.01. The average Bonchev–Trinajstić information content (AvgIpc) is 3.21. The van der Waals surface area contributed by atoms with Gasteiger partial charge in [0.2, 0.25) is 5.95 Å². The van der Waals surface area contributed by atoms with Gasteiger partial charge in [-0.2, -0.15) is 10.1 Å². The van der Waals surface area contributed by atoms with E-state index in [0.29, 0.717) is 22.9 Å². The van der Waals surface area contributed by atoms with Crippen LogP contribution in [0.5, 0.6) is 5.75 Å². The largest absolute Gasteiger partial charge is 0.497 e. The van der Waals surface area contributed by atoms with Crippen molar-refractivity contribution in [1.82, 2.24) is 28.5 Å². The fourth-order valence-corrected chi connectivity index (χ4v) is 3.59. The van der Waals surface area contributed by atoms with Crippen LogP contribution in [0.1, 0.15) is 22.5 Å². The van der Waals surface area contributed by atoms with Gasteiger partial charge in [-0.25, -0.2) is 9.48 Å². The summed E-state index contributed by atoms with van der Waals surface area (Å²) >= 11 is 0. The number of imidazole rings is 1. The van der Waals surface area contributed by atoms with Gasteiger partial charge in [0.1, 0.15) is 5.75 Å². The summed E-state index contributed by atoms with van der Waals surface area (Å²) in [5, 5.41) is 4.55. The number of aryl methyl sites for hydroxylation is 3. The molecule has 0 bridgehead atoms. The van der Waals surface area contributed by atoms with Crippen LogP contribution in [-0.2, 0) is 20.6 Å². The molecule has 9 nitrogen and oxygen atoms in total.